The minimum absolute atomic E-state index is 0.0539. The number of carboxylic acid groups (broad SMARTS) is 1. The molecular weight excluding hydrogens is 486 g/mol. The van der Waals surface area contributed by atoms with Crippen LogP contribution in [0.4, 0.5) is 0 Å². The van der Waals surface area contributed by atoms with E-state index < -0.39 is 11.9 Å². The number of nitrogens with one attached hydrogen (secondary N) is 2. The highest BCUT2D eigenvalue weighted by Crippen LogP contribution is 2.27. The highest BCUT2D eigenvalue weighted by Gasteiger charge is 2.16. The van der Waals surface area contributed by atoms with Crippen LogP contribution in [0.3, 0.4) is 0 Å². The summed E-state index contributed by atoms with van der Waals surface area (Å²) in [5, 5.41) is 18.8. The fourth-order valence-electron chi connectivity index (χ4n) is 3.59. The van der Waals surface area contributed by atoms with Crippen molar-refractivity contribution in [3.05, 3.63) is 58.3 Å². The molecule has 0 saturated carbocycles. The molecular formula is C28H39N5O3S. The molecule has 0 bridgehead atoms. The molecule has 1 unspecified atom stereocenters. The SMILES string of the molecule is CC(C(=O)[O-])c1ccc2sc3ccccc3c(=O)c2c1.CC(C)N=C(NC(N(C)C)=[N+](C)C)NC(C)C. The third kappa shape index (κ3) is 8.28. The minimum Gasteiger partial charge on any atom is -0.550 e. The van der Waals surface area contributed by atoms with E-state index in [0.717, 1.165) is 21.3 Å². The van der Waals surface area contributed by atoms with Gasteiger partial charge >= 0.3 is 5.96 Å². The van der Waals surface area contributed by atoms with Crippen LogP contribution in [0.1, 0.15) is 46.1 Å². The number of benzene rings is 2. The van der Waals surface area contributed by atoms with Crippen LogP contribution in [0.25, 0.3) is 20.2 Å². The summed E-state index contributed by atoms with van der Waals surface area (Å²) >= 11 is 1.53. The first kappa shape index (κ1) is 29.8. The zero-order valence-corrected chi connectivity index (χ0v) is 24.1. The average molecular weight is 526 g/mol. The Balaban J connectivity index is 0.000000265. The summed E-state index contributed by atoms with van der Waals surface area (Å²) < 4.78 is 3.83. The zero-order chi connectivity index (χ0) is 27.9. The van der Waals surface area contributed by atoms with Crippen LogP contribution in [-0.4, -0.2) is 67.6 Å². The number of carbonyl (C=O) groups excluding carboxylic acids is 1. The van der Waals surface area contributed by atoms with Gasteiger partial charge in [-0.05, 0) is 57.5 Å². The average Bonchev–Trinajstić information content (AvgIpc) is 2.81. The van der Waals surface area contributed by atoms with Crippen molar-refractivity contribution in [3.63, 3.8) is 0 Å². The van der Waals surface area contributed by atoms with E-state index in [1.807, 2.05) is 61.9 Å². The highest BCUT2D eigenvalue weighted by atomic mass is 32.1. The number of nitrogens with zero attached hydrogens (tertiary/aromatic N) is 3. The second kappa shape index (κ2) is 13.2. The molecule has 9 heteroatoms. The van der Waals surface area contributed by atoms with Crippen molar-refractivity contribution in [1.29, 1.82) is 0 Å². The van der Waals surface area contributed by atoms with Gasteiger partial charge in [0, 0.05) is 44.1 Å². The third-order valence-electron chi connectivity index (χ3n) is 5.34. The van der Waals surface area contributed by atoms with Crippen LogP contribution >= 0.6 is 11.3 Å². The fraction of sp³-hybridized carbons (Fsp3) is 0.429. The number of carbonyl (C=O) groups is 1. The van der Waals surface area contributed by atoms with Crippen molar-refractivity contribution in [3.8, 4) is 0 Å². The molecule has 1 aromatic heterocycles. The molecule has 0 aliphatic carbocycles. The maximum Gasteiger partial charge on any atom is 0.354 e. The summed E-state index contributed by atoms with van der Waals surface area (Å²) in [5.41, 5.74) is 0.541. The van der Waals surface area contributed by atoms with Gasteiger partial charge in [-0.1, -0.05) is 25.1 Å². The normalized spacial score (nSPS) is 12.2. The van der Waals surface area contributed by atoms with Crippen molar-refractivity contribution < 1.29 is 14.5 Å². The van der Waals surface area contributed by atoms with E-state index in [4.69, 9.17) is 0 Å². The number of aliphatic imine (C=N–C) groups is 1. The molecule has 1 heterocycles. The second-order valence-electron chi connectivity index (χ2n) is 9.83. The number of fused-ring (bicyclic) bond motifs is 2. The molecule has 0 amide bonds. The van der Waals surface area contributed by atoms with Gasteiger partial charge in [-0.2, -0.15) is 0 Å². The van der Waals surface area contributed by atoms with Crippen molar-refractivity contribution in [1.82, 2.24) is 15.5 Å². The Morgan fingerprint density at radius 2 is 1.62 bits per heavy atom. The number of hydrogen-bond acceptors (Lipinski definition) is 5. The quantitative estimate of drug-likeness (QED) is 0.235. The molecule has 3 aromatic rings. The molecule has 0 fully saturated rings. The Kier molecular flexibility index (Phi) is 10.6. The molecule has 0 radical (unpaired) electrons. The summed E-state index contributed by atoms with van der Waals surface area (Å²) in [4.78, 5) is 30.0. The topological polar surface area (TPSA) is 99.9 Å². The van der Waals surface area contributed by atoms with Gasteiger partial charge in [-0.15, -0.1) is 11.3 Å². The van der Waals surface area contributed by atoms with Crippen LogP contribution in [0, 0.1) is 0 Å². The molecule has 37 heavy (non-hydrogen) atoms. The van der Waals surface area contributed by atoms with Crippen molar-refractivity contribution in [2.24, 2.45) is 4.99 Å². The molecule has 3 rings (SSSR count). The van der Waals surface area contributed by atoms with Gasteiger partial charge in [-0.25, -0.2) is 10.3 Å². The molecule has 0 saturated heterocycles. The van der Waals surface area contributed by atoms with Crippen LogP contribution in [0.2, 0.25) is 0 Å². The Bertz CT molecular complexity index is 1350. The first-order chi connectivity index (χ1) is 17.3. The van der Waals surface area contributed by atoms with Gasteiger partial charge in [0.05, 0.1) is 28.2 Å². The first-order valence-corrected chi connectivity index (χ1v) is 13.1. The van der Waals surface area contributed by atoms with E-state index in [1.54, 1.807) is 25.1 Å². The van der Waals surface area contributed by atoms with E-state index in [1.165, 1.54) is 11.3 Å². The number of rotatable bonds is 4. The Morgan fingerprint density at radius 3 is 2.16 bits per heavy atom. The molecule has 0 aliphatic heterocycles. The van der Waals surface area contributed by atoms with Gasteiger partial charge in [0.15, 0.2) is 5.43 Å². The second-order valence-corrected chi connectivity index (χ2v) is 10.9. The predicted octanol–water partition coefficient (Wildman–Crippen LogP) is 2.80. The smallest absolute Gasteiger partial charge is 0.354 e. The summed E-state index contributed by atoms with van der Waals surface area (Å²) in [6, 6.07) is 13.3. The zero-order valence-electron chi connectivity index (χ0n) is 23.2. The van der Waals surface area contributed by atoms with E-state index in [9.17, 15) is 14.7 Å². The molecule has 2 aromatic carbocycles. The Morgan fingerprint density at radius 1 is 1.00 bits per heavy atom. The standard InChI is InChI=1S/C16H12O3S.C12H27N5/c1-9(16(18)19)10-6-7-14-12(8-10)15(17)11-4-2-3-5-13(11)20-14;1-9(2)13-11(14-10(3)4)15-12(16(5)6)17(7)8/h2-9H,1H3,(H,18,19);9-10H,1-8H3,(H,13,14). The van der Waals surface area contributed by atoms with Crippen LogP contribution in [0.15, 0.2) is 52.3 Å². The lowest BCUT2D eigenvalue weighted by Gasteiger charge is -2.17. The van der Waals surface area contributed by atoms with E-state index in [2.05, 4.69) is 43.3 Å². The molecule has 200 valence electrons. The third-order valence-corrected chi connectivity index (χ3v) is 6.50. The van der Waals surface area contributed by atoms with Crippen LogP contribution < -0.4 is 21.2 Å². The fourth-order valence-corrected chi connectivity index (χ4v) is 4.64. The van der Waals surface area contributed by atoms with Gasteiger partial charge in [0.1, 0.15) is 0 Å². The molecule has 2 N–H and O–H groups in total. The maximum absolute atomic E-state index is 12.5. The number of hydrogen-bond donors (Lipinski definition) is 2. The van der Waals surface area contributed by atoms with E-state index in [0.29, 0.717) is 22.4 Å². The number of aliphatic carboxylic acids is 1. The molecule has 0 spiro atoms. The largest absolute Gasteiger partial charge is 0.550 e. The summed E-state index contributed by atoms with van der Waals surface area (Å²) in [5.74, 6) is -0.0542. The first-order valence-electron chi connectivity index (χ1n) is 12.3. The lowest BCUT2D eigenvalue weighted by atomic mass is 10.00. The van der Waals surface area contributed by atoms with Crippen molar-refractivity contribution in [2.75, 3.05) is 28.2 Å². The van der Waals surface area contributed by atoms with Gasteiger partial charge in [0.2, 0.25) is 0 Å². The van der Waals surface area contributed by atoms with Gasteiger partial charge in [0.25, 0.3) is 5.96 Å². The minimum atomic E-state index is -1.14. The Hall–Kier alpha value is -3.46. The Labute approximate surface area is 223 Å². The summed E-state index contributed by atoms with van der Waals surface area (Å²) in [6.45, 7) is 9.89. The van der Waals surface area contributed by atoms with Gasteiger partial charge in [-0.3, -0.25) is 14.3 Å². The summed E-state index contributed by atoms with van der Waals surface area (Å²) in [6.07, 6.45) is 0. The van der Waals surface area contributed by atoms with Crippen LogP contribution in [-0.2, 0) is 4.79 Å². The number of guanidine groups is 2. The predicted molar refractivity (Wildman–Crippen MR) is 154 cm³/mol. The number of carboxylic acids is 1. The highest BCUT2D eigenvalue weighted by molar-refractivity contribution is 7.24. The van der Waals surface area contributed by atoms with Crippen molar-refractivity contribution in [2.45, 2.75) is 52.6 Å². The molecule has 1 atom stereocenters. The van der Waals surface area contributed by atoms with E-state index in [-0.39, 0.29) is 11.5 Å². The lowest BCUT2D eigenvalue weighted by Crippen LogP contribution is -2.51. The summed E-state index contributed by atoms with van der Waals surface area (Å²) in [7, 11) is 8.02. The monoisotopic (exact) mass is 525 g/mol. The van der Waals surface area contributed by atoms with Crippen LogP contribution in [0.5, 0.6) is 0 Å². The lowest BCUT2D eigenvalue weighted by molar-refractivity contribution is -0.471. The van der Waals surface area contributed by atoms with Gasteiger partial charge < -0.3 is 15.2 Å². The van der Waals surface area contributed by atoms with Crippen molar-refractivity contribution >= 4 is 49.4 Å². The molecule has 8 nitrogen and oxygen atoms in total. The van der Waals surface area contributed by atoms with E-state index >= 15 is 0 Å². The molecule has 0 aliphatic rings. The maximum atomic E-state index is 12.5.